The molecule has 0 aliphatic carbocycles. The van der Waals surface area contributed by atoms with E-state index in [0.29, 0.717) is 17.9 Å². The lowest BCUT2D eigenvalue weighted by molar-refractivity contribution is -0.117. The van der Waals surface area contributed by atoms with Crippen LogP contribution in [0.3, 0.4) is 0 Å². The Morgan fingerprint density at radius 3 is 2.86 bits per heavy atom. The van der Waals surface area contributed by atoms with Gasteiger partial charge in [0.15, 0.2) is 0 Å². The first kappa shape index (κ1) is 18.1. The zero-order valence-corrected chi connectivity index (χ0v) is 15.3. The van der Waals surface area contributed by atoms with Gasteiger partial charge in [-0.05, 0) is 18.9 Å². The largest absolute Gasteiger partial charge is 0.346 e. The monoisotopic (exact) mass is 384 g/mol. The second kappa shape index (κ2) is 7.79. The summed E-state index contributed by atoms with van der Waals surface area (Å²) in [6.45, 7) is 0.656. The summed E-state index contributed by atoms with van der Waals surface area (Å²) in [5.41, 5.74) is 0.211. The third-order valence-corrected chi connectivity index (χ3v) is 4.84. The molecule has 1 aromatic carbocycles. The average molecular weight is 384 g/mol. The van der Waals surface area contributed by atoms with E-state index >= 15 is 0 Å². The molecule has 1 N–H and O–H groups in total. The molecule has 0 saturated carbocycles. The predicted molar refractivity (Wildman–Crippen MR) is 100 cm³/mol. The molecule has 2 aromatic heterocycles. The molecule has 9 heteroatoms. The predicted octanol–water partition coefficient (Wildman–Crippen LogP) is 1.79. The maximum atomic E-state index is 13.9. The van der Waals surface area contributed by atoms with Crippen LogP contribution in [0.1, 0.15) is 30.7 Å². The van der Waals surface area contributed by atoms with Crippen molar-refractivity contribution >= 4 is 11.7 Å². The van der Waals surface area contributed by atoms with Gasteiger partial charge < -0.3 is 5.32 Å². The van der Waals surface area contributed by atoms with Gasteiger partial charge in [-0.1, -0.05) is 24.6 Å². The van der Waals surface area contributed by atoms with Gasteiger partial charge in [-0.2, -0.15) is 10.2 Å². The Balaban J connectivity index is 1.46. The fraction of sp³-hybridized carbons (Fsp3) is 0.368. The van der Waals surface area contributed by atoms with E-state index in [1.54, 1.807) is 28.8 Å². The molecular formula is C19H21FN6O2. The van der Waals surface area contributed by atoms with Gasteiger partial charge in [0.05, 0.1) is 12.7 Å². The Hall–Kier alpha value is -3.23. The van der Waals surface area contributed by atoms with Crippen molar-refractivity contribution in [2.45, 2.75) is 45.3 Å². The highest BCUT2D eigenvalue weighted by Gasteiger charge is 2.18. The maximum Gasteiger partial charge on any atom is 0.346 e. The van der Waals surface area contributed by atoms with E-state index in [9.17, 15) is 14.0 Å². The van der Waals surface area contributed by atoms with Gasteiger partial charge in [0.2, 0.25) is 5.91 Å². The van der Waals surface area contributed by atoms with Crippen LogP contribution in [0.5, 0.6) is 0 Å². The number of carbonyl (C=O) groups excluding carboxylic acids is 1. The zero-order chi connectivity index (χ0) is 19.5. The van der Waals surface area contributed by atoms with Crippen molar-refractivity contribution in [1.29, 1.82) is 0 Å². The first-order valence-corrected chi connectivity index (χ1v) is 9.33. The Morgan fingerprint density at radius 2 is 2.00 bits per heavy atom. The van der Waals surface area contributed by atoms with Crippen LogP contribution in [0.25, 0.3) is 0 Å². The summed E-state index contributed by atoms with van der Waals surface area (Å²) in [5, 5.41) is 11.2. The number of benzene rings is 1. The molecule has 0 spiro atoms. The van der Waals surface area contributed by atoms with E-state index in [0.717, 1.165) is 31.5 Å². The Morgan fingerprint density at radius 1 is 1.14 bits per heavy atom. The SMILES string of the molecule is O=C(Cn1nc2n(c1=O)CCCCC2)Nc1ccnn1Cc1ccccc1F. The van der Waals surface area contributed by atoms with Crippen LogP contribution >= 0.6 is 0 Å². The number of nitrogens with one attached hydrogen (secondary N) is 1. The first-order valence-electron chi connectivity index (χ1n) is 9.33. The first-order chi connectivity index (χ1) is 13.6. The number of rotatable bonds is 5. The number of hydrogen-bond donors (Lipinski definition) is 1. The number of fused-ring (bicyclic) bond motifs is 1. The van der Waals surface area contributed by atoms with Crippen LogP contribution in [0.15, 0.2) is 41.3 Å². The number of amides is 1. The average Bonchev–Trinajstić information content (AvgIpc) is 3.12. The van der Waals surface area contributed by atoms with Crippen LogP contribution in [0, 0.1) is 5.82 Å². The third kappa shape index (κ3) is 3.73. The van der Waals surface area contributed by atoms with Gasteiger partial charge in [0.25, 0.3) is 0 Å². The van der Waals surface area contributed by atoms with Gasteiger partial charge in [-0.15, -0.1) is 0 Å². The highest BCUT2D eigenvalue weighted by atomic mass is 19.1. The van der Waals surface area contributed by atoms with Crippen LogP contribution in [0.4, 0.5) is 10.2 Å². The molecule has 3 aromatic rings. The van der Waals surface area contributed by atoms with Crippen LogP contribution in [-0.4, -0.2) is 30.0 Å². The molecule has 146 valence electrons. The molecule has 0 unspecified atom stereocenters. The van der Waals surface area contributed by atoms with Gasteiger partial charge in [-0.3, -0.25) is 9.36 Å². The number of hydrogen-bond acceptors (Lipinski definition) is 4. The van der Waals surface area contributed by atoms with Crippen molar-refractivity contribution in [1.82, 2.24) is 24.1 Å². The Kier molecular flexibility index (Phi) is 5.05. The van der Waals surface area contributed by atoms with E-state index in [2.05, 4.69) is 15.5 Å². The lowest BCUT2D eigenvalue weighted by Gasteiger charge is -2.09. The molecule has 0 radical (unpaired) electrons. The lowest BCUT2D eigenvalue weighted by atomic mass is 10.2. The summed E-state index contributed by atoms with van der Waals surface area (Å²) in [6.07, 6.45) is 5.30. The molecule has 1 amide bonds. The van der Waals surface area contributed by atoms with Gasteiger partial charge in [0.1, 0.15) is 24.0 Å². The summed E-state index contributed by atoms with van der Waals surface area (Å²) in [6, 6.07) is 8.04. The lowest BCUT2D eigenvalue weighted by Crippen LogP contribution is -2.30. The standard InChI is InChI=1S/C19H21FN6O2/c20-15-7-4-3-6-14(15)12-25-16(9-10-21-25)22-18(27)13-26-19(28)24-11-5-1-2-8-17(24)23-26/h3-4,6-7,9-10H,1-2,5,8,11-13H2,(H,22,27). The smallest absolute Gasteiger partial charge is 0.309 e. The van der Waals surface area contributed by atoms with E-state index in [1.165, 1.54) is 21.6 Å². The minimum atomic E-state index is -0.384. The fourth-order valence-corrected chi connectivity index (χ4v) is 3.40. The minimum Gasteiger partial charge on any atom is -0.309 e. The second-order valence-corrected chi connectivity index (χ2v) is 6.83. The molecule has 0 saturated heterocycles. The normalized spacial score (nSPS) is 13.8. The van der Waals surface area contributed by atoms with E-state index in [1.807, 2.05) is 0 Å². The van der Waals surface area contributed by atoms with Crippen molar-refractivity contribution in [3.8, 4) is 0 Å². The molecule has 1 aliphatic heterocycles. The summed E-state index contributed by atoms with van der Waals surface area (Å²) >= 11 is 0. The van der Waals surface area contributed by atoms with Crippen LogP contribution in [-0.2, 0) is 30.8 Å². The highest BCUT2D eigenvalue weighted by Crippen LogP contribution is 2.13. The van der Waals surface area contributed by atoms with Gasteiger partial charge in [-0.25, -0.2) is 18.5 Å². The third-order valence-electron chi connectivity index (χ3n) is 4.84. The summed E-state index contributed by atoms with van der Waals surface area (Å²) in [7, 11) is 0. The maximum absolute atomic E-state index is 13.9. The number of aromatic nitrogens is 5. The number of carbonyl (C=O) groups is 1. The summed E-state index contributed by atoms with van der Waals surface area (Å²) in [5.74, 6) is 0.453. The quantitative estimate of drug-likeness (QED) is 0.727. The summed E-state index contributed by atoms with van der Waals surface area (Å²) in [4.78, 5) is 24.9. The van der Waals surface area contributed by atoms with E-state index < -0.39 is 0 Å². The molecule has 0 fully saturated rings. The molecule has 0 bridgehead atoms. The van der Waals surface area contributed by atoms with Crippen molar-refractivity contribution in [2.24, 2.45) is 0 Å². The highest BCUT2D eigenvalue weighted by molar-refractivity contribution is 5.89. The number of anilines is 1. The molecule has 28 heavy (non-hydrogen) atoms. The molecule has 1 aliphatic rings. The van der Waals surface area contributed by atoms with Gasteiger partial charge in [0, 0.05) is 24.6 Å². The number of halogens is 1. The number of aryl methyl sites for hydroxylation is 1. The van der Waals surface area contributed by atoms with Crippen molar-refractivity contribution in [3.63, 3.8) is 0 Å². The van der Waals surface area contributed by atoms with E-state index in [4.69, 9.17) is 0 Å². The topological polar surface area (TPSA) is 86.7 Å². The van der Waals surface area contributed by atoms with Gasteiger partial charge >= 0.3 is 5.69 Å². The minimum absolute atomic E-state index is 0.177. The van der Waals surface area contributed by atoms with Crippen LogP contribution < -0.4 is 11.0 Å². The van der Waals surface area contributed by atoms with Crippen molar-refractivity contribution in [2.75, 3.05) is 5.32 Å². The van der Waals surface area contributed by atoms with Crippen molar-refractivity contribution in [3.05, 3.63) is 64.2 Å². The molecular weight excluding hydrogens is 363 g/mol. The number of nitrogens with zero attached hydrogens (tertiary/aromatic N) is 5. The Bertz CT molecular complexity index is 1050. The second-order valence-electron chi connectivity index (χ2n) is 6.83. The fourth-order valence-electron chi connectivity index (χ4n) is 3.40. The summed E-state index contributed by atoms with van der Waals surface area (Å²) < 4.78 is 18.2. The Labute approximate surface area is 160 Å². The molecule has 4 rings (SSSR count). The zero-order valence-electron chi connectivity index (χ0n) is 15.3. The van der Waals surface area contributed by atoms with Crippen LogP contribution in [0.2, 0.25) is 0 Å². The molecule has 0 atom stereocenters. The molecule has 8 nitrogen and oxygen atoms in total. The molecule has 3 heterocycles. The van der Waals surface area contributed by atoms with E-state index in [-0.39, 0.29) is 30.5 Å². The van der Waals surface area contributed by atoms with Crippen molar-refractivity contribution < 1.29 is 9.18 Å².